The quantitative estimate of drug-likeness (QED) is 0.815. The van der Waals surface area contributed by atoms with Crippen molar-refractivity contribution in [3.8, 4) is 5.88 Å². The predicted octanol–water partition coefficient (Wildman–Crippen LogP) is 4.79. The van der Waals surface area contributed by atoms with Crippen LogP contribution in [0.2, 0.25) is 0 Å². The van der Waals surface area contributed by atoms with Gasteiger partial charge in [-0.3, -0.25) is 0 Å². The highest BCUT2D eigenvalue weighted by Gasteiger charge is 2.36. The number of hydrogen-bond acceptors (Lipinski definition) is 4. The second kappa shape index (κ2) is 6.95. The van der Waals surface area contributed by atoms with Gasteiger partial charge in [-0.15, -0.1) is 0 Å². The van der Waals surface area contributed by atoms with Crippen molar-refractivity contribution >= 4 is 27.6 Å². The molecular weight excluding hydrogens is 363 g/mol. The van der Waals surface area contributed by atoms with Crippen molar-refractivity contribution in [2.75, 3.05) is 11.9 Å². The van der Waals surface area contributed by atoms with Crippen molar-refractivity contribution in [3.05, 3.63) is 40.5 Å². The molecule has 0 bridgehead atoms. The van der Waals surface area contributed by atoms with E-state index < -0.39 is 17.6 Å². The Hall–Kier alpha value is -1.83. The number of rotatable bonds is 5. The second-order valence-corrected chi connectivity index (χ2v) is 5.22. The summed E-state index contributed by atoms with van der Waals surface area (Å²) in [5, 5.41) is 2.85. The first-order valence-electron chi connectivity index (χ1n) is 6.50. The van der Waals surface area contributed by atoms with Crippen LogP contribution in [0.4, 0.5) is 24.8 Å². The fourth-order valence-electron chi connectivity index (χ4n) is 1.61. The van der Waals surface area contributed by atoms with Crippen molar-refractivity contribution < 1.29 is 17.9 Å². The lowest BCUT2D eigenvalue weighted by Crippen LogP contribution is -2.12. The lowest BCUT2D eigenvalue weighted by molar-refractivity contribution is -0.139. The minimum Gasteiger partial charge on any atom is -0.477 e. The zero-order chi connectivity index (χ0) is 16.2. The molecule has 2 aromatic rings. The summed E-state index contributed by atoms with van der Waals surface area (Å²) in [6, 6.07) is 7.14. The second-order valence-electron chi connectivity index (χ2n) is 4.36. The minimum absolute atomic E-state index is 0.0333. The Morgan fingerprint density at radius 2 is 2.00 bits per heavy atom. The van der Waals surface area contributed by atoms with E-state index >= 15 is 0 Å². The number of ether oxygens (including phenoxy) is 1. The molecule has 0 atom stereocenters. The molecule has 0 amide bonds. The van der Waals surface area contributed by atoms with Gasteiger partial charge in [0.15, 0.2) is 0 Å². The number of nitrogens with zero attached hydrogens (tertiary/aromatic N) is 2. The molecule has 0 spiro atoms. The van der Waals surface area contributed by atoms with E-state index in [1.54, 1.807) is 25.1 Å². The average Bonchev–Trinajstić information content (AvgIpc) is 2.46. The molecular formula is C14H13BrF3N3O. The van der Waals surface area contributed by atoms with Gasteiger partial charge in [-0.1, -0.05) is 19.1 Å². The van der Waals surface area contributed by atoms with Crippen LogP contribution in [-0.4, -0.2) is 16.6 Å². The van der Waals surface area contributed by atoms with E-state index in [0.29, 0.717) is 12.1 Å². The zero-order valence-electron chi connectivity index (χ0n) is 11.6. The molecule has 0 aliphatic rings. The van der Waals surface area contributed by atoms with E-state index in [1.165, 1.54) is 0 Å². The van der Waals surface area contributed by atoms with Gasteiger partial charge in [0.1, 0.15) is 5.56 Å². The van der Waals surface area contributed by atoms with E-state index in [0.717, 1.165) is 10.7 Å². The number of halogens is 4. The maximum Gasteiger partial charge on any atom is 0.423 e. The molecule has 4 nitrogen and oxygen atoms in total. The Labute approximate surface area is 133 Å². The molecule has 0 aliphatic heterocycles. The van der Waals surface area contributed by atoms with Crippen molar-refractivity contribution in [3.63, 3.8) is 0 Å². The standard InChI is InChI=1S/C14H13BrF3N3O/c1-2-7-22-12-9(14(16,17)18)8-19-13(21-12)20-11-6-4-3-5-10(11)15/h3-6,8H,2,7H2,1H3,(H,19,20,21). The Kier molecular flexibility index (Phi) is 5.23. The van der Waals surface area contributed by atoms with Gasteiger partial charge in [0.05, 0.1) is 12.3 Å². The van der Waals surface area contributed by atoms with Crippen LogP contribution in [0, 0.1) is 0 Å². The maximum absolute atomic E-state index is 12.9. The van der Waals surface area contributed by atoms with Gasteiger partial charge in [-0.05, 0) is 34.5 Å². The third-order valence-electron chi connectivity index (χ3n) is 2.62. The minimum atomic E-state index is -4.56. The summed E-state index contributed by atoms with van der Waals surface area (Å²) in [6.45, 7) is 1.95. The summed E-state index contributed by atoms with van der Waals surface area (Å²) >= 11 is 3.33. The highest BCUT2D eigenvalue weighted by Crippen LogP contribution is 2.35. The van der Waals surface area contributed by atoms with Crippen molar-refractivity contribution in [2.45, 2.75) is 19.5 Å². The molecule has 1 aromatic carbocycles. The van der Waals surface area contributed by atoms with Gasteiger partial charge >= 0.3 is 6.18 Å². The number of benzene rings is 1. The largest absolute Gasteiger partial charge is 0.477 e. The molecule has 1 heterocycles. The molecule has 0 saturated carbocycles. The third kappa shape index (κ3) is 4.09. The molecule has 1 aromatic heterocycles. The van der Waals surface area contributed by atoms with Gasteiger partial charge < -0.3 is 10.1 Å². The third-order valence-corrected chi connectivity index (χ3v) is 3.31. The van der Waals surface area contributed by atoms with E-state index in [2.05, 4.69) is 31.2 Å². The highest BCUT2D eigenvalue weighted by molar-refractivity contribution is 9.10. The van der Waals surface area contributed by atoms with Crippen LogP contribution in [0.3, 0.4) is 0 Å². The summed E-state index contributed by atoms with van der Waals surface area (Å²) in [6.07, 6.45) is -3.26. The fourth-order valence-corrected chi connectivity index (χ4v) is 2.00. The highest BCUT2D eigenvalue weighted by atomic mass is 79.9. The van der Waals surface area contributed by atoms with Gasteiger partial charge in [0.2, 0.25) is 11.8 Å². The molecule has 2 rings (SSSR count). The lowest BCUT2D eigenvalue weighted by Gasteiger charge is -2.14. The van der Waals surface area contributed by atoms with Crippen molar-refractivity contribution in [2.24, 2.45) is 0 Å². The first-order valence-corrected chi connectivity index (χ1v) is 7.29. The van der Waals surface area contributed by atoms with Crippen molar-refractivity contribution in [1.82, 2.24) is 9.97 Å². The zero-order valence-corrected chi connectivity index (χ0v) is 13.2. The number of para-hydroxylation sites is 1. The number of hydrogen-bond donors (Lipinski definition) is 1. The van der Waals surface area contributed by atoms with Crippen LogP contribution in [0.1, 0.15) is 18.9 Å². The van der Waals surface area contributed by atoms with Crippen LogP contribution in [-0.2, 0) is 6.18 Å². The number of aromatic nitrogens is 2. The summed E-state index contributed by atoms with van der Waals surface area (Å²) in [4.78, 5) is 7.54. The Morgan fingerprint density at radius 1 is 1.27 bits per heavy atom. The van der Waals surface area contributed by atoms with Gasteiger partial charge in [-0.25, -0.2) is 4.98 Å². The monoisotopic (exact) mass is 375 g/mol. The Bertz CT molecular complexity index is 649. The predicted molar refractivity (Wildman–Crippen MR) is 80.2 cm³/mol. The molecule has 0 radical (unpaired) electrons. The molecule has 0 aliphatic carbocycles. The van der Waals surface area contributed by atoms with E-state index in [-0.39, 0.29) is 12.6 Å². The SMILES string of the molecule is CCCOc1nc(Nc2ccccc2Br)ncc1C(F)(F)F. The average molecular weight is 376 g/mol. The van der Waals surface area contributed by atoms with Crippen molar-refractivity contribution in [1.29, 1.82) is 0 Å². The molecule has 8 heteroatoms. The van der Waals surface area contributed by atoms with Crippen LogP contribution in [0.15, 0.2) is 34.9 Å². The Morgan fingerprint density at radius 3 is 2.64 bits per heavy atom. The van der Waals surface area contributed by atoms with Crippen LogP contribution in [0.5, 0.6) is 5.88 Å². The first kappa shape index (κ1) is 16.5. The number of alkyl halides is 3. The lowest BCUT2D eigenvalue weighted by atomic mass is 10.3. The molecule has 0 fully saturated rings. The fraction of sp³-hybridized carbons (Fsp3) is 0.286. The van der Waals surface area contributed by atoms with Gasteiger partial charge in [0, 0.05) is 10.7 Å². The van der Waals surface area contributed by atoms with Crippen LogP contribution >= 0.6 is 15.9 Å². The Balaban J connectivity index is 2.32. The van der Waals surface area contributed by atoms with E-state index in [9.17, 15) is 13.2 Å². The van der Waals surface area contributed by atoms with E-state index in [1.807, 2.05) is 6.07 Å². The molecule has 22 heavy (non-hydrogen) atoms. The van der Waals surface area contributed by atoms with Crippen LogP contribution < -0.4 is 10.1 Å². The maximum atomic E-state index is 12.9. The number of anilines is 2. The summed E-state index contributed by atoms with van der Waals surface area (Å²) in [5.41, 5.74) is -0.345. The van der Waals surface area contributed by atoms with E-state index in [4.69, 9.17) is 4.74 Å². The smallest absolute Gasteiger partial charge is 0.423 e. The first-order chi connectivity index (χ1) is 10.4. The molecule has 1 N–H and O–H groups in total. The topological polar surface area (TPSA) is 47.0 Å². The van der Waals surface area contributed by atoms with Gasteiger partial charge in [-0.2, -0.15) is 18.2 Å². The van der Waals surface area contributed by atoms with Crippen LogP contribution in [0.25, 0.3) is 0 Å². The van der Waals surface area contributed by atoms with Gasteiger partial charge in [0.25, 0.3) is 0 Å². The normalized spacial score (nSPS) is 11.3. The summed E-state index contributed by atoms with van der Waals surface area (Å²) < 4.78 is 44.6. The molecule has 0 unspecified atom stereocenters. The number of nitrogens with one attached hydrogen (secondary N) is 1. The summed E-state index contributed by atoms with van der Waals surface area (Å²) in [7, 11) is 0. The summed E-state index contributed by atoms with van der Waals surface area (Å²) in [5.74, 6) is -0.440. The molecule has 118 valence electrons. The molecule has 0 saturated heterocycles.